The number of pyridine rings is 2. The van der Waals surface area contributed by atoms with E-state index in [1.54, 1.807) is 28.9 Å². The van der Waals surface area contributed by atoms with Crippen LogP contribution in [-0.4, -0.2) is 30.5 Å². The van der Waals surface area contributed by atoms with Gasteiger partial charge in [-0.25, -0.2) is 18.9 Å². The van der Waals surface area contributed by atoms with Crippen LogP contribution in [0, 0.1) is 5.82 Å². The lowest BCUT2D eigenvalue weighted by Gasteiger charge is -2.10. The van der Waals surface area contributed by atoms with Crippen molar-refractivity contribution in [2.24, 2.45) is 0 Å². The molecule has 0 aliphatic heterocycles. The molecule has 9 heteroatoms. The zero-order chi connectivity index (χ0) is 18.8. The minimum Gasteiger partial charge on any atom is -0.336 e. The number of amides is 1. The van der Waals surface area contributed by atoms with E-state index in [0.717, 1.165) is 6.20 Å². The maximum Gasteiger partial charge on any atom is 0.222 e. The SMILES string of the molecule is CC(=O)Nc1cccc(-c2nc(Nc3ccncc3F)c3cccn3n2)n1. The number of fused-ring (bicyclic) bond motifs is 1. The maximum atomic E-state index is 14.0. The first-order chi connectivity index (χ1) is 13.1. The summed E-state index contributed by atoms with van der Waals surface area (Å²) < 4.78 is 15.6. The number of halogens is 1. The Labute approximate surface area is 153 Å². The molecular formula is C18H14FN7O. The average Bonchev–Trinajstić information content (AvgIpc) is 3.12. The summed E-state index contributed by atoms with van der Waals surface area (Å²) in [6.45, 7) is 1.40. The molecule has 4 rings (SSSR count). The molecule has 0 aliphatic rings. The van der Waals surface area contributed by atoms with Crippen LogP contribution < -0.4 is 10.6 Å². The summed E-state index contributed by atoms with van der Waals surface area (Å²) in [5.74, 6) is 0.417. The number of rotatable bonds is 4. The van der Waals surface area contributed by atoms with Gasteiger partial charge in [-0.1, -0.05) is 6.07 Å². The third-order valence-electron chi connectivity index (χ3n) is 3.70. The summed E-state index contributed by atoms with van der Waals surface area (Å²) in [4.78, 5) is 23.8. The van der Waals surface area contributed by atoms with Gasteiger partial charge in [-0.2, -0.15) is 0 Å². The molecule has 0 unspecified atom stereocenters. The Morgan fingerprint density at radius 1 is 1.15 bits per heavy atom. The molecule has 4 aromatic rings. The molecule has 0 aromatic carbocycles. The van der Waals surface area contributed by atoms with Crippen molar-refractivity contribution >= 4 is 28.7 Å². The highest BCUT2D eigenvalue weighted by molar-refractivity contribution is 5.87. The third kappa shape index (κ3) is 3.43. The van der Waals surface area contributed by atoms with E-state index in [9.17, 15) is 9.18 Å². The van der Waals surface area contributed by atoms with E-state index in [4.69, 9.17) is 0 Å². The van der Waals surface area contributed by atoms with Gasteiger partial charge < -0.3 is 10.6 Å². The molecule has 0 fully saturated rings. The van der Waals surface area contributed by atoms with Gasteiger partial charge in [0, 0.05) is 19.3 Å². The minimum atomic E-state index is -0.492. The Hall–Kier alpha value is -3.88. The summed E-state index contributed by atoms with van der Waals surface area (Å²) >= 11 is 0. The lowest BCUT2D eigenvalue weighted by Crippen LogP contribution is -2.09. The Balaban J connectivity index is 1.79. The summed E-state index contributed by atoms with van der Waals surface area (Å²) in [5, 5.41) is 10.0. The van der Waals surface area contributed by atoms with Crippen LogP contribution >= 0.6 is 0 Å². The highest BCUT2D eigenvalue weighted by atomic mass is 19.1. The molecule has 0 aliphatic carbocycles. The number of carbonyl (C=O) groups is 1. The van der Waals surface area contributed by atoms with Crippen LogP contribution in [0.1, 0.15) is 6.92 Å². The largest absolute Gasteiger partial charge is 0.336 e. The van der Waals surface area contributed by atoms with E-state index in [0.29, 0.717) is 28.7 Å². The van der Waals surface area contributed by atoms with Crippen molar-refractivity contribution in [2.75, 3.05) is 10.6 Å². The van der Waals surface area contributed by atoms with Crippen LogP contribution in [-0.2, 0) is 4.79 Å². The van der Waals surface area contributed by atoms with Crippen molar-refractivity contribution < 1.29 is 9.18 Å². The predicted molar refractivity (Wildman–Crippen MR) is 98.0 cm³/mol. The molecule has 0 atom stereocenters. The first-order valence-corrected chi connectivity index (χ1v) is 8.07. The number of aromatic nitrogens is 5. The molecule has 1 amide bonds. The van der Waals surface area contributed by atoms with E-state index < -0.39 is 5.82 Å². The zero-order valence-electron chi connectivity index (χ0n) is 14.2. The number of hydrogen-bond donors (Lipinski definition) is 2. The summed E-state index contributed by atoms with van der Waals surface area (Å²) in [6.07, 6.45) is 4.37. The van der Waals surface area contributed by atoms with Crippen molar-refractivity contribution in [3.63, 3.8) is 0 Å². The maximum absolute atomic E-state index is 14.0. The topological polar surface area (TPSA) is 97.1 Å². The molecule has 0 radical (unpaired) electrons. The van der Waals surface area contributed by atoms with Gasteiger partial charge in [-0.3, -0.25) is 9.78 Å². The number of carbonyl (C=O) groups excluding carboxylic acids is 1. The van der Waals surface area contributed by atoms with Crippen molar-refractivity contribution in [2.45, 2.75) is 6.92 Å². The van der Waals surface area contributed by atoms with Crippen LogP contribution in [0.3, 0.4) is 0 Å². The molecule has 134 valence electrons. The highest BCUT2D eigenvalue weighted by Gasteiger charge is 2.13. The predicted octanol–water partition coefficient (Wildman–Crippen LogP) is 3.03. The van der Waals surface area contributed by atoms with Crippen molar-refractivity contribution in [3.8, 4) is 11.5 Å². The van der Waals surface area contributed by atoms with Gasteiger partial charge >= 0.3 is 0 Å². The van der Waals surface area contributed by atoms with Crippen LogP contribution in [0.15, 0.2) is 55.0 Å². The third-order valence-corrected chi connectivity index (χ3v) is 3.70. The Morgan fingerprint density at radius 2 is 2.04 bits per heavy atom. The second kappa shape index (κ2) is 6.79. The van der Waals surface area contributed by atoms with Crippen molar-refractivity contribution in [1.29, 1.82) is 0 Å². The van der Waals surface area contributed by atoms with Crippen LogP contribution in [0.25, 0.3) is 17.0 Å². The van der Waals surface area contributed by atoms with Gasteiger partial charge in [-0.05, 0) is 30.3 Å². The molecule has 0 saturated heterocycles. The van der Waals surface area contributed by atoms with E-state index >= 15 is 0 Å². The Bertz CT molecular complexity index is 1140. The Morgan fingerprint density at radius 3 is 2.85 bits per heavy atom. The molecule has 27 heavy (non-hydrogen) atoms. The summed E-state index contributed by atoms with van der Waals surface area (Å²) in [7, 11) is 0. The number of nitrogens with one attached hydrogen (secondary N) is 2. The van der Waals surface area contributed by atoms with Gasteiger partial charge in [0.2, 0.25) is 11.7 Å². The molecular weight excluding hydrogens is 349 g/mol. The number of hydrogen-bond acceptors (Lipinski definition) is 6. The molecule has 0 spiro atoms. The molecule has 0 saturated carbocycles. The van der Waals surface area contributed by atoms with Crippen LogP contribution in [0.4, 0.5) is 21.7 Å². The van der Waals surface area contributed by atoms with Gasteiger partial charge in [0.1, 0.15) is 17.0 Å². The van der Waals surface area contributed by atoms with Crippen LogP contribution in [0.2, 0.25) is 0 Å². The smallest absolute Gasteiger partial charge is 0.222 e. The zero-order valence-corrected chi connectivity index (χ0v) is 14.2. The fourth-order valence-electron chi connectivity index (χ4n) is 2.55. The first-order valence-electron chi connectivity index (χ1n) is 8.07. The summed E-state index contributed by atoms with van der Waals surface area (Å²) in [5.41, 5.74) is 1.39. The lowest BCUT2D eigenvalue weighted by atomic mass is 10.3. The van der Waals surface area contributed by atoms with E-state index in [-0.39, 0.29) is 11.6 Å². The number of nitrogens with zero attached hydrogens (tertiary/aromatic N) is 5. The first kappa shape index (κ1) is 16.6. The van der Waals surface area contributed by atoms with Gasteiger partial charge in [-0.15, -0.1) is 5.10 Å². The van der Waals surface area contributed by atoms with E-state index in [1.807, 2.05) is 12.1 Å². The molecule has 2 N–H and O–H groups in total. The van der Waals surface area contributed by atoms with Crippen molar-refractivity contribution in [1.82, 2.24) is 24.6 Å². The second-order valence-corrected chi connectivity index (χ2v) is 5.69. The fraction of sp³-hybridized carbons (Fsp3) is 0.0556. The van der Waals surface area contributed by atoms with Crippen LogP contribution in [0.5, 0.6) is 0 Å². The van der Waals surface area contributed by atoms with Gasteiger partial charge in [0.05, 0.1) is 11.9 Å². The molecule has 0 bridgehead atoms. The van der Waals surface area contributed by atoms with E-state index in [2.05, 4.69) is 30.7 Å². The standard InChI is InChI=1S/C18H14FN7O/c1-11(27)21-16-6-2-4-14(22-16)17-24-18(15-5-3-9-26(15)25-17)23-13-7-8-20-10-12(13)19/h2-10H,1H3,(H,21,22,27)(H,20,23,24,25). The molecule has 4 aromatic heterocycles. The quantitative estimate of drug-likeness (QED) is 0.578. The van der Waals surface area contributed by atoms with Crippen molar-refractivity contribution in [3.05, 3.63) is 60.8 Å². The van der Waals surface area contributed by atoms with Gasteiger partial charge in [0.25, 0.3) is 0 Å². The fourth-order valence-corrected chi connectivity index (χ4v) is 2.55. The highest BCUT2D eigenvalue weighted by Crippen LogP contribution is 2.24. The minimum absolute atomic E-state index is 0.225. The number of anilines is 3. The summed E-state index contributed by atoms with van der Waals surface area (Å²) in [6, 6.07) is 10.3. The Kier molecular flexibility index (Phi) is 4.17. The lowest BCUT2D eigenvalue weighted by molar-refractivity contribution is -0.114. The second-order valence-electron chi connectivity index (χ2n) is 5.69. The van der Waals surface area contributed by atoms with E-state index in [1.165, 1.54) is 19.2 Å². The molecule has 4 heterocycles. The molecule has 8 nitrogen and oxygen atoms in total. The average molecular weight is 363 g/mol. The monoisotopic (exact) mass is 363 g/mol. The normalized spacial score (nSPS) is 10.7. The van der Waals surface area contributed by atoms with Gasteiger partial charge in [0.15, 0.2) is 11.6 Å².